The molecular weight excluding hydrogens is 398 g/mol. The Balaban J connectivity index is 1.84. The second-order valence-corrected chi connectivity index (χ2v) is 6.62. The van der Waals surface area contributed by atoms with Crippen LogP contribution in [0, 0.1) is 21.4 Å². The lowest BCUT2D eigenvalue weighted by Gasteiger charge is -2.13. The number of amides is 1. The molecule has 3 rings (SSSR count). The largest absolute Gasteiger partial charge is 0.496 e. The van der Waals surface area contributed by atoms with Crippen molar-refractivity contribution in [2.45, 2.75) is 13.0 Å². The van der Waals surface area contributed by atoms with Crippen molar-refractivity contribution < 1.29 is 18.9 Å². The third kappa shape index (κ3) is 4.97. The molecule has 0 aliphatic heterocycles. The number of methoxy groups -OCH3 is 1. The highest BCUT2D eigenvalue weighted by molar-refractivity contribution is 6.01. The zero-order valence-electron chi connectivity index (χ0n) is 16.9. The number of nitrogens with one attached hydrogen (secondary N) is 1. The maximum absolute atomic E-state index is 12.5. The van der Waals surface area contributed by atoms with Crippen LogP contribution in [0.5, 0.6) is 5.75 Å². The monoisotopic (exact) mass is 417 g/mol. The van der Waals surface area contributed by atoms with Crippen LogP contribution < -0.4 is 10.1 Å². The van der Waals surface area contributed by atoms with Gasteiger partial charge in [0, 0.05) is 18.2 Å². The van der Waals surface area contributed by atoms with Gasteiger partial charge in [-0.05, 0) is 30.7 Å². The van der Waals surface area contributed by atoms with Gasteiger partial charge in [-0.3, -0.25) is 14.9 Å². The van der Waals surface area contributed by atoms with Crippen LogP contribution in [0.2, 0.25) is 0 Å². The minimum atomic E-state index is -0.537. The molecule has 1 atom stereocenters. The average Bonchev–Trinajstić information content (AvgIpc) is 3.25. The molecular formula is C23H19N3O5. The molecule has 0 saturated heterocycles. The van der Waals surface area contributed by atoms with Crippen molar-refractivity contribution in [2.24, 2.45) is 0 Å². The van der Waals surface area contributed by atoms with Gasteiger partial charge in [-0.15, -0.1) is 0 Å². The summed E-state index contributed by atoms with van der Waals surface area (Å²) in [5, 5.41) is 23.3. The molecule has 0 radical (unpaired) electrons. The average molecular weight is 417 g/mol. The quantitative estimate of drug-likeness (QED) is 0.259. The zero-order valence-corrected chi connectivity index (χ0v) is 16.9. The predicted octanol–water partition coefficient (Wildman–Crippen LogP) is 4.65. The van der Waals surface area contributed by atoms with Crippen LogP contribution >= 0.6 is 0 Å². The molecule has 1 aromatic heterocycles. The van der Waals surface area contributed by atoms with Crippen LogP contribution in [0.4, 0.5) is 5.69 Å². The van der Waals surface area contributed by atoms with E-state index in [-0.39, 0.29) is 23.1 Å². The van der Waals surface area contributed by atoms with Crippen LogP contribution in [-0.4, -0.2) is 17.9 Å². The number of hydrogen-bond acceptors (Lipinski definition) is 6. The Morgan fingerprint density at radius 2 is 1.97 bits per heavy atom. The third-order valence-electron chi connectivity index (χ3n) is 4.58. The van der Waals surface area contributed by atoms with E-state index < -0.39 is 10.8 Å². The Labute approximate surface area is 178 Å². The Morgan fingerprint density at radius 3 is 2.61 bits per heavy atom. The normalized spacial score (nSPS) is 12.0. The fourth-order valence-corrected chi connectivity index (χ4v) is 2.97. The van der Waals surface area contributed by atoms with Gasteiger partial charge in [0.05, 0.1) is 23.6 Å². The van der Waals surface area contributed by atoms with Gasteiger partial charge < -0.3 is 14.5 Å². The number of ether oxygens (including phenoxy) is 1. The van der Waals surface area contributed by atoms with Gasteiger partial charge in [0.15, 0.2) is 0 Å². The molecule has 2 aromatic carbocycles. The summed E-state index contributed by atoms with van der Waals surface area (Å²) in [6.07, 6.45) is 1.32. The van der Waals surface area contributed by atoms with Gasteiger partial charge in [-0.2, -0.15) is 5.26 Å². The molecule has 0 fully saturated rings. The van der Waals surface area contributed by atoms with Gasteiger partial charge in [0.2, 0.25) is 0 Å². The number of hydrogen-bond donors (Lipinski definition) is 1. The first kappa shape index (κ1) is 21.3. The van der Waals surface area contributed by atoms with E-state index in [4.69, 9.17) is 9.15 Å². The number of nitro benzene ring substituents is 1. The molecule has 8 heteroatoms. The summed E-state index contributed by atoms with van der Waals surface area (Å²) >= 11 is 0. The lowest BCUT2D eigenvalue weighted by atomic mass is 10.1. The van der Waals surface area contributed by atoms with Gasteiger partial charge in [0.25, 0.3) is 11.6 Å². The maximum atomic E-state index is 12.5. The number of nitriles is 1. The van der Waals surface area contributed by atoms with Crippen LogP contribution in [0.25, 0.3) is 17.4 Å². The van der Waals surface area contributed by atoms with E-state index in [1.54, 1.807) is 12.1 Å². The molecule has 31 heavy (non-hydrogen) atoms. The fourth-order valence-electron chi connectivity index (χ4n) is 2.97. The molecule has 8 nitrogen and oxygen atoms in total. The van der Waals surface area contributed by atoms with Crippen molar-refractivity contribution in [3.8, 4) is 23.1 Å². The first-order valence-electron chi connectivity index (χ1n) is 9.33. The molecule has 1 amide bonds. The van der Waals surface area contributed by atoms with E-state index in [2.05, 4.69) is 5.32 Å². The fraction of sp³-hybridized carbons (Fsp3) is 0.130. The van der Waals surface area contributed by atoms with Gasteiger partial charge >= 0.3 is 0 Å². The molecule has 0 spiro atoms. The minimum Gasteiger partial charge on any atom is -0.496 e. The van der Waals surface area contributed by atoms with E-state index in [1.165, 1.54) is 31.4 Å². The molecule has 0 bridgehead atoms. The highest BCUT2D eigenvalue weighted by atomic mass is 16.6. The molecule has 0 unspecified atom stereocenters. The molecule has 1 heterocycles. The molecule has 0 aliphatic rings. The lowest BCUT2D eigenvalue weighted by Crippen LogP contribution is -2.27. The van der Waals surface area contributed by atoms with Crippen molar-refractivity contribution in [2.75, 3.05) is 7.11 Å². The predicted molar refractivity (Wildman–Crippen MR) is 114 cm³/mol. The summed E-state index contributed by atoms with van der Waals surface area (Å²) in [6.45, 7) is 1.82. The Bertz CT molecular complexity index is 1180. The van der Waals surface area contributed by atoms with E-state index >= 15 is 0 Å². The minimum absolute atomic E-state index is 0.115. The number of carbonyl (C=O) groups excluding carboxylic acids is 1. The third-order valence-corrected chi connectivity index (χ3v) is 4.58. The summed E-state index contributed by atoms with van der Waals surface area (Å²) < 4.78 is 11.0. The summed E-state index contributed by atoms with van der Waals surface area (Å²) in [5.74, 6) is 0.417. The van der Waals surface area contributed by atoms with E-state index in [0.29, 0.717) is 17.1 Å². The molecule has 1 N–H and O–H groups in total. The van der Waals surface area contributed by atoms with Crippen molar-refractivity contribution in [1.82, 2.24) is 5.32 Å². The standard InChI is InChI=1S/C23H19N3O5/c1-15(16-6-4-3-5-7-16)25-23(27)17(14-24)12-19-9-11-22(31-19)20-13-18(26(28)29)8-10-21(20)30-2/h3-13,15H,1-2H3,(H,25,27)/b17-12-/t15-/m0/s1. The number of furan rings is 1. The van der Waals surface area contributed by atoms with E-state index in [9.17, 15) is 20.2 Å². The van der Waals surface area contributed by atoms with Gasteiger partial charge in [-0.1, -0.05) is 30.3 Å². The number of nitrogens with zero attached hydrogens (tertiary/aromatic N) is 2. The Morgan fingerprint density at radius 1 is 1.23 bits per heavy atom. The first-order chi connectivity index (χ1) is 14.9. The van der Waals surface area contributed by atoms with Crippen LogP contribution in [0.15, 0.2) is 70.7 Å². The van der Waals surface area contributed by atoms with Crippen molar-refractivity contribution in [1.29, 1.82) is 5.26 Å². The summed E-state index contributed by atoms with van der Waals surface area (Å²) in [5.41, 5.74) is 1.05. The number of non-ortho nitro benzene ring substituents is 1. The van der Waals surface area contributed by atoms with E-state index in [0.717, 1.165) is 5.56 Å². The number of rotatable bonds is 7. The lowest BCUT2D eigenvalue weighted by molar-refractivity contribution is -0.384. The number of benzene rings is 2. The second kappa shape index (κ2) is 9.41. The molecule has 0 saturated carbocycles. The molecule has 156 valence electrons. The Kier molecular flexibility index (Phi) is 6.48. The SMILES string of the molecule is COc1ccc([N+](=O)[O-])cc1-c1ccc(/C=C(/C#N)C(=O)N[C@@H](C)c2ccccc2)o1. The topological polar surface area (TPSA) is 118 Å². The van der Waals surface area contributed by atoms with Crippen LogP contribution in [-0.2, 0) is 4.79 Å². The van der Waals surface area contributed by atoms with Crippen molar-refractivity contribution in [3.63, 3.8) is 0 Å². The van der Waals surface area contributed by atoms with Crippen LogP contribution in [0.1, 0.15) is 24.3 Å². The number of nitro groups is 1. The van der Waals surface area contributed by atoms with Crippen LogP contribution in [0.3, 0.4) is 0 Å². The first-order valence-corrected chi connectivity index (χ1v) is 9.33. The summed E-state index contributed by atoms with van der Waals surface area (Å²) in [6, 6.07) is 18.3. The van der Waals surface area contributed by atoms with E-state index in [1.807, 2.05) is 43.3 Å². The summed E-state index contributed by atoms with van der Waals surface area (Å²) in [4.78, 5) is 23.1. The highest BCUT2D eigenvalue weighted by Gasteiger charge is 2.17. The smallest absolute Gasteiger partial charge is 0.270 e. The zero-order chi connectivity index (χ0) is 22.4. The number of carbonyl (C=O) groups is 1. The van der Waals surface area contributed by atoms with Crippen molar-refractivity contribution >= 4 is 17.7 Å². The molecule has 0 aliphatic carbocycles. The second-order valence-electron chi connectivity index (χ2n) is 6.62. The highest BCUT2D eigenvalue weighted by Crippen LogP contribution is 2.34. The maximum Gasteiger partial charge on any atom is 0.270 e. The Hall–Kier alpha value is -4.38. The summed E-state index contributed by atoms with van der Waals surface area (Å²) in [7, 11) is 1.44. The van der Waals surface area contributed by atoms with Gasteiger partial charge in [0.1, 0.15) is 28.9 Å². The van der Waals surface area contributed by atoms with Crippen molar-refractivity contribution in [3.05, 3.63) is 87.7 Å². The molecule has 3 aromatic rings. The van der Waals surface area contributed by atoms with Gasteiger partial charge in [-0.25, -0.2) is 0 Å².